The van der Waals surface area contributed by atoms with Crippen LogP contribution >= 0.6 is 0 Å². The minimum Gasteiger partial charge on any atom is -0.369 e. The summed E-state index contributed by atoms with van der Waals surface area (Å²) in [6, 6.07) is 6.00. The maximum atomic E-state index is 13.2. The number of nitrogens with two attached hydrogens (primary N) is 1. The SMILES string of the molecule is NC(=O)CN1CCC2(CC1)CC2n1cnc2c(N(Cc3cccc(C(F)(F)F)c3)C3CC3)ncnc21. The van der Waals surface area contributed by atoms with Gasteiger partial charge in [-0.1, -0.05) is 12.1 Å². The van der Waals surface area contributed by atoms with Gasteiger partial charge in [0.1, 0.15) is 6.33 Å². The Morgan fingerprint density at radius 1 is 1.17 bits per heavy atom. The molecule has 3 aliphatic rings. The van der Waals surface area contributed by atoms with Gasteiger partial charge in [0.2, 0.25) is 5.91 Å². The van der Waals surface area contributed by atoms with Crippen LogP contribution in [0.4, 0.5) is 19.0 Å². The summed E-state index contributed by atoms with van der Waals surface area (Å²) in [4.78, 5) is 29.2. The lowest BCUT2D eigenvalue weighted by atomic mass is 9.92. The molecule has 190 valence electrons. The molecule has 1 amide bonds. The first-order chi connectivity index (χ1) is 17.2. The van der Waals surface area contributed by atoms with E-state index in [1.54, 1.807) is 6.07 Å². The average molecular weight is 500 g/mol. The van der Waals surface area contributed by atoms with Gasteiger partial charge in [-0.2, -0.15) is 13.2 Å². The number of fused-ring (bicyclic) bond motifs is 1. The van der Waals surface area contributed by atoms with Crippen LogP contribution in [0.25, 0.3) is 11.2 Å². The normalized spacial score (nSPS) is 21.7. The molecular formula is C25H28F3N7O. The number of hydrogen-bond donors (Lipinski definition) is 1. The summed E-state index contributed by atoms with van der Waals surface area (Å²) in [6.45, 7) is 2.32. The van der Waals surface area contributed by atoms with E-state index in [1.807, 2.05) is 6.33 Å². The third-order valence-electron chi connectivity index (χ3n) is 7.92. The number of nitrogens with zero attached hydrogens (tertiary/aromatic N) is 6. The van der Waals surface area contributed by atoms with Crippen molar-refractivity contribution in [2.45, 2.75) is 56.9 Å². The second-order valence-electron chi connectivity index (χ2n) is 10.4. The fourth-order valence-corrected chi connectivity index (χ4v) is 5.72. The number of halogens is 3. The van der Waals surface area contributed by atoms with E-state index in [9.17, 15) is 18.0 Å². The third-order valence-corrected chi connectivity index (χ3v) is 7.92. The highest BCUT2D eigenvalue weighted by molar-refractivity contribution is 5.84. The molecule has 1 spiro atoms. The Bertz CT molecular complexity index is 1290. The van der Waals surface area contributed by atoms with E-state index in [4.69, 9.17) is 5.73 Å². The molecule has 1 atom stereocenters. The molecule has 2 saturated carbocycles. The number of aromatic nitrogens is 4. The molecule has 1 aliphatic heterocycles. The number of benzene rings is 1. The predicted molar refractivity (Wildman–Crippen MR) is 127 cm³/mol. The van der Waals surface area contributed by atoms with Gasteiger partial charge in [0, 0.05) is 18.6 Å². The number of likely N-dealkylation sites (tertiary alicyclic amines) is 1. The Kier molecular flexibility index (Phi) is 5.43. The Hall–Kier alpha value is -3.21. The minimum absolute atomic E-state index is 0.182. The third kappa shape index (κ3) is 4.29. The van der Waals surface area contributed by atoms with Crippen LogP contribution in [-0.4, -0.2) is 56.0 Å². The Balaban J connectivity index is 1.25. The largest absolute Gasteiger partial charge is 0.416 e. The van der Waals surface area contributed by atoms with Crippen molar-refractivity contribution < 1.29 is 18.0 Å². The molecule has 36 heavy (non-hydrogen) atoms. The topological polar surface area (TPSA) is 93.2 Å². The van der Waals surface area contributed by atoms with Crippen molar-refractivity contribution in [3.05, 3.63) is 48.0 Å². The average Bonchev–Trinajstić information content (AvgIpc) is 3.76. The number of primary amides is 1. The van der Waals surface area contributed by atoms with Crippen molar-refractivity contribution in [1.29, 1.82) is 0 Å². The first-order valence-corrected chi connectivity index (χ1v) is 12.3. The molecule has 1 aromatic carbocycles. The number of imidazole rings is 1. The standard InChI is InChI=1S/C25H28F3N7O/c26-25(27,28)17-3-1-2-16(10-17)12-34(18-4-5-18)22-21-23(31-14-30-22)35(15-32-21)19-11-24(19)6-8-33(9-7-24)13-20(29)36/h1-3,10,14-15,18-19H,4-9,11-13H2,(H2,29,36). The van der Waals surface area contributed by atoms with Gasteiger partial charge < -0.3 is 15.2 Å². The quantitative estimate of drug-likeness (QED) is 0.535. The zero-order valence-corrected chi connectivity index (χ0v) is 19.8. The summed E-state index contributed by atoms with van der Waals surface area (Å²) < 4.78 is 41.9. The molecule has 2 aromatic heterocycles. The van der Waals surface area contributed by atoms with Gasteiger partial charge in [0.25, 0.3) is 0 Å². The van der Waals surface area contributed by atoms with E-state index in [0.29, 0.717) is 36.0 Å². The predicted octanol–water partition coefficient (Wildman–Crippen LogP) is 3.53. The lowest BCUT2D eigenvalue weighted by Gasteiger charge is -2.32. The number of carbonyl (C=O) groups is 1. The molecule has 3 heterocycles. The fourth-order valence-electron chi connectivity index (χ4n) is 5.72. The van der Waals surface area contributed by atoms with Gasteiger partial charge in [0.05, 0.1) is 18.4 Å². The summed E-state index contributed by atoms with van der Waals surface area (Å²) >= 11 is 0. The molecule has 11 heteroatoms. The highest BCUT2D eigenvalue weighted by Gasteiger charge is 2.56. The van der Waals surface area contributed by atoms with Crippen LogP contribution < -0.4 is 10.6 Å². The number of piperidine rings is 1. The van der Waals surface area contributed by atoms with Crippen LogP contribution in [-0.2, 0) is 17.5 Å². The first kappa shape index (κ1) is 23.2. The summed E-state index contributed by atoms with van der Waals surface area (Å²) in [5.41, 5.74) is 6.92. The van der Waals surface area contributed by atoms with Crippen LogP contribution in [0.2, 0.25) is 0 Å². The highest BCUT2D eigenvalue weighted by Crippen LogP contribution is 2.63. The zero-order chi connectivity index (χ0) is 25.1. The fraction of sp³-hybridized carbons (Fsp3) is 0.520. The van der Waals surface area contributed by atoms with E-state index in [-0.39, 0.29) is 17.4 Å². The van der Waals surface area contributed by atoms with Crippen molar-refractivity contribution in [2.75, 3.05) is 24.5 Å². The van der Waals surface area contributed by atoms with Crippen LogP contribution in [0.15, 0.2) is 36.9 Å². The molecular weight excluding hydrogens is 471 g/mol. The second kappa shape index (κ2) is 8.43. The maximum absolute atomic E-state index is 13.2. The number of amides is 1. The van der Waals surface area contributed by atoms with Gasteiger partial charge in [0.15, 0.2) is 17.0 Å². The monoisotopic (exact) mass is 499 g/mol. The number of rotatable bonds is 7. The van der Waals surface area contributed by atoms with Gasteiger partial charge in [-0.3, -0.25) is 9.69 Å². The van der Waals surface area contributed by atoms with Crippen LogP contribution in [0.3, 0.4) is 0 Å². The van der Waals surface area contributed by atoms with Crippen LogP contribution in [0.5, 0.6) is 0 Å². The molecule has 3 aromatic rings. The van der Waals surface area contributed by atoms with Gasteiger partial charge in [-0.15, -0.1) is 0 Å². The second-order valence-corrected chi connectivity index (χ2v) is 10.4. The lowest BCUT2D eigenvalue weighted by molar-refractivity contribution is -0.137. The van der Waals surface area contributed by atoms with E-state index in [1.165, 1.54) is 18.5 Å². The number of carbonyl (C=O) groups excluding carboxylic acids is 1. The smallest absolute Gasteiger partial charge is 0.369 e. The van der Waals surface area contributed by atoms with Crippen LogP contribution in [0, 0.1) is 5.41 Å². The van der Waals surface area contributed by atoms with E-state index < -0.39 is 11.7 Å². The molecule has 6 rings (SSSR count). The zero-order valence-electron chi connectivity index (χ0n) is 19.8. The molecule has 8 nitrogen and oxygen atoms in total. The van der Waals surface area contributed by atoms with Gasteiger partial charge in [-0.25, -0.2) is 15.0 Å². The molecule has 2 aliphatic carbocycles. The van der Waals surface area contributed by atoms with E-state index in [0.717, 1.165) is 56.9 Å². The molecule has 3 fully saturated rings. The molecule has 1 unspecified atom stereocenters. The summed E-state index contributed by atoms with van der Waals surface area (Å²) in [6.07, 6.45) is 3.95. The molecule has 1 saturated heterocycles. The Labute approximate surface area is 206 Å². The summed E-state index contributed by atoms with van der Waals surface area (Å²) in [5, 5.41) is 0. The lowest BCUT2D eigenvalue weighted by Crippen LogP contribution is -2.40. The molecule has 0 bridgehead atoms. The van der Waals surface area contributed by atoms with E-state index >= 15 is 0 Å². The van der Waals surface area contributed by atoms with Gasteiger partial charge >= 0.3 is 6.18 Å². The van der Waals surface area contributed by atoms with Crippen LogP contribution in [0.1, 0.15) is 49.3 Å². The van der Waals surface area contributed by atoms with Crippen molar-refractivity contribution in [3.63, 3.8) is 0 Å². The van der Waals surface area contributed by atoms with Crippen molar-refractivity contribution >= 4 is 22.9 Å². The van der Waals surface area contributed by atoms with Crippen molar-refractivity contribution in [1.82, 2.24) is 24.4 Å². The van der Waals surface area contributed by atoms with E-state index in [2.05, 4.69) is 29.3 Å². The number of hydrogen-bond acceptors (Lipinski definition) is 6. The first-order valence-electron chi connectivity index (χ1n) is 12.3. The molecule has 2 N–H and O–H groups in total. The summed E-state index contributed by atoms with van der Waals surface area (Å²) in [7, 11) is 0. The minimum atomic E-state index is -4.38. The molecule has 0 radical (unpaired) electrons. The summed E-state index contributed by atoms with van der Waals surface area (Å²) in [5.74, 6) is 0.373. The number of alkyl halides is 3. The number of anilines is 1. The maximum Gasteiger partial charge on any atom is 0.416 e. The highest BCUT2D eigenvalue weighted by atomic mass is 19.4. The van der Waals surface area contributed by atoms with Crippen molar-refractivity contribution in [3.8, 4) is 0 Å². The Morgan fingerprint density at radius 3 is 2.64 bits per heavy atom. The van der Waals surface area contributed by atoms with Crippen molar-refractivity contribution in [2.24, 2.45) is 11.1 Å². The van der Waals surface area contributed by atoms with Gasteiger partial charge in [-0.05, 0) is 68.3 Å². The Morgan fingerprint density at radius 2 is 1.94 bits per heavy atom.